The van der Waals surface area contributed by atoms with Gasteiger partial charge in [0.2, 0.25) is 0 Å². The number of hydrogen-bond acceptors (Lipinski definition) is 5. The van der Waals surface area contributed by atoms with Crippen LogP contribution in [0.5, 0.6) is 11.5 Å². The summed E-state index contributed by atoms with van der Waals surface area (Å²) in [7, 11) is 1.55. The van der Waals surface area contributed by atoms with E-state index in [-0.39, 0.29) is 6.61 Å². The van der Waals surface area contributed by atoms with Crippen molar-refractivity contribution in [1.82, 2.24) is 10.9 Å². The lowest BCUT2D eigenvalue weighted by Gasteiger charge is -2.08. The number of carbonyl (C=O) groups is 2. The lowest BCUT2D eigenvalue weighted by Crippen LogP contribution is -2.43. The van der Waals surface area contributed by atoms with E-state index in [1.54, 1.807) is 37.5 Å². The molecule has 2 rings (SSSR count). The highest BCUT2D eigenvalue weighted by molar-refractivity contribution is 5.93. The molecule has 0 spiro atoms. The van der Waals surface area contributed by atoms with E-state index in [1.807, 2.05) is 31.2 Å². The summed E-state index contributed by atoms with van der Waals surface area (Å²) >= 11 is 0. The number of nitriles is 1. The Morgan fingerprint density at radius 3 is 2.67 bits per heavy atom. The number of para-hydroxylation sites is 1. The summed E-state index contributed by atoms with van der Waals surface area (Å²) in [5.74, 6) is -0.131. The number of methoxy groups -OCH3 is 1. The van der Waals surface area contributed by atoms with Gasteiger partial charge in [-0.3, -0.25) is 20.4 Å². The van der Waals surface area contributed by atoms with Crippen LogP contribution >= 0.6 is 0 Å². The zero-order valence-electron chi connectivity index (χ0n) is 15.0. The number of nitrogens with zero attached hydrogens (tertiary/aromatic N) is 1. The van der Waals surface area contributed by atoms with Gasteiger partial charge in [-0.05, 0) is 37.3 Å². The minimum atomic E-state index is -0.558. The molecule has 0 aliphatic carbocycles. The van der Waals surface area contributed by atoms with Crippen LogP contribution in [-0.4, -0.2) is 25.5 Å². The van der Waals surface area contributed by atoms with Crippen LogP contribution in [-0.2, 0) is 9.59 Å². The van der Waals surface area contributed by atoms with Crippen molar-refractivity contribution in [2.45, 2.75) is 6.92 Å². The molecule has 0 bridgehead atoms. The third-order valence-corrected chi connectivity index (χ3v) is 3.49. The Balaban J connectivity index is 1.84. The first-order valence-corrected chi connectivity index (χ1v) is 8.07. The van der Waals surface area contributed by atoms with Crippen LogP contribution in [0, 0.1) is 18.3 Å². The number of benzene rings is 2. The van der Waals surface area contributed by atoms with E-state index in [1.165, 1.54) is 6.08 Å². The predicted molar refractivity (Wildman–Crippen MR) is 99.7 cm³/mol. The van der Waals surface area contributed by atoms with Crippen molar-refractivity contribution in [3.8, 4) is 17.6 Å². The molecule has 7 nitrogen and oxygen atoms in total. The SMILES string of the molecule is COc1ccc(C)cc1/C=C/C(=O)NNC(=O)COc1ccccc1C#N. The molecule has 0 aliphatic heterocycles. The Morgan fingerprint density at radius 1 is 1.15 bits per heavy atom. The monoisotopic (exact) mass is 365 g/mol. The largest absolute Gasteiger partial charge is 0.496 e. The summed E-state index contributed by atoms with van der Waals surface area (Å²) in [5.41, 5.74) is 6.59. The highest BCUT2D eigenvalue weighted by atomic mass is 16.5. The van der Waals surface area contributed by atoms with E-state index in [0.717, 1.165) is 11.1 Å². The molecule has 2 N–H and O–H groups in total. The van der Waals surface area contributed by atoms with E-state index in [4.69, 9.17) is 14.7 Å². The molecule has 138 valence electrons. The average Bonchev–Trinajstić information content (AvgIpc) is 2.69. The number of aryl methyl sites for hydroxylation is 1. The van der Waals surface area contributed by atoms with Crippen LogP contribution in [0.4, 0.5) is 0 Å². The van der Waals surface area contributed by atoms with Crippen LogP contribution in [0.15, 0.2) is 48.5 Å². The molecule has 0 aromatic heterocycles. The summed E-state index contributed by atoms with van der Waals surface area (Å²) in [6.07, 6.45) is 2.87. The van der Waals surface area contributed by atoms with Crippen molar-refractivity contribution in [3.05, 3.63) is 65.2 Å². The number of ether oxygens (including phenoxy) is 2. The maximum absolute atomic E-state index is 11.8. The number of hydrazine groups is 1. The van der Waals surface area contributed by atoms with Gasteiger partial charge in [0.1, 0.15) is 17.6 Å². The fourth-order valence-electron chi connectivity index (χ4n) is 2.19. The lowest BCUT2D eigenvalue weighted by atomic mass is 10.1. The Kier molecular flexibility index (Phi) is 6.97. The van der Waals surface area contributed by atoms with Gasteiger partial charge >= 0.3 is 0 Å². The standard InChI is InChI=1S/C20H19N3O4/c1-14-7-9-17(26-2)15(11-14)8-10-19(24)22-23-20(25)13-27-18-6-4-3-5-16(18)12-21/h3-11H,13H2,1-2H3,(H,22,24)(H,23,25)/b10-8+. The maximum Gasteiger partial charge on any atom is 0.276 e. The first-order chi connectivity index (χ1) is 13.0. The molecular formula is C20H19N3O4. The quantitative estimate of drug-likeness (QED) is 0.603. The summed E-state index contributed by atoms with van der Waals surface area (Å²) in [4.78, 5) is 23.6. The number of amides is 2. The van der Waals surface area contributed by atoms with Crippen LogP contribution in [0.25, 0.3) is 6.08 Å². The minimum absolute atomic E-state index is 0.299. The van der Waals surface area contributed by atoms with E-state index in [9.17, 15) is 9.59 Å². The van der Waals surface area contributed by atoms with Gasteiger partial charge in [-0.2, -0.15) is 5.26 Å². The Labute approximate surface area is 157 Å². The number of carbonyl (C=O) groups excluding carboxylic acids is 2. The van der Waals surface area contributed by atoms with Gasteiger partial charge in [-0.25, -0.2) is 0 Å². The first kappa shape index (κ1) is 19.5. The molecule has 0 saturated heterocycles. The fraction of sp³-hybridized carbons (Fsp3) is 0.150. The smallest absolute Gasteiger partial charge is 0.276 e. The molecule has 2 amide bonds. The molecule has 7 heteroatoms. The van der Waals surface area contributed by atoms with E-state index in [0.29, 0.717) is 17.1 Å². The van der Waals surface area contributed by atoms with Crippen molar-refractivity contribution in [1.29, 1.82) is 5.26 Å². The molecule has 0 unspecified atom stereocenters. The highest BCUT2D eigenvalue weighted by Gasteiger charge is 2.07. The fourth-order valence-corrected chi connectivity index (χ4v) is 2.19. The van der Waals surface area contributed by atoms with Crippen LogP contribution in [0.3, 0.4) is 0 Å². The number of rotatable bonds is 6. The molecule has 0 heterocycles. The van der Waals surface area contributed by atoms with Crippen molar-refractivity contribution in [2.24, 2.45) is 0 Å². The molecule has 0 saturated carbocycles. The third-order valence-electron chi connectivity index (χ3n) is 3.49. The zero-order valence-corrected chi connectivity index (χ0v) is 15.0. The molecule has 0 aliphatic rings. The second-order valence-corrected chi connectivity index (χ2v) is 5.51. The van der Waals surface area contributed by atoms with Crippen LogP contribution in [0.2, 0.25) is 0 Å². The van der Waals surface area contributed by atoms with E-state index >= 15 is 0 Å². The molecule has 0 atom stereocenters. The van der Waals surface area contributed by atoms with E-state index in [2.05, 4.69) is 10.9 Å². The van der Waals surface area contributed by atoms with Gasteiger partial charge in [0, 0.05) is 11.6 Å². The third kappa shape index (κ3) is 5.90. The minimum Gasteiger partial charge on any atom is -0.496 e. The van der Waals surface area contributed by atoms with Gasteiger partial charge in [0.05, 0.1) is 12.7 Å². The number of nitrogens with one attached hydrogen (secondary N) is 2. The van der Waals surface area contributed by atoms with Crippen molar-refractivity contribution in [2.75, 3.05) is 13.7 Å². The summed E-state index contributed by atoms with van der Waals surface area (Å²) < 4.78 is 10.5. The second-order valence-electron chi connectivity index (χ2n) is 5.51. The maximum atomic E-state index is 11.8. The Hall–Kier alpha value is -3.79. The first-order valence-electron chi connectivity index (χ1n) is 8.07. The molecule has 0 radical (unpaired) electrons. The number of hydrogen-bond donors (Lipinski definition) is 2. The van der Waals surface area contributed by atoms with Crippen molar-refractivity contribution < 1.29 is 19.1 Å². The van der Waals surface area contributed by atoms with Gasteiger partial charge in [-0.1, -0.05) is 23.8 Å². The van der Waals surface area contributed by atoms with Gasteiger partial charge in [0.15, 0.2) is 6.61 Å². The van der Waals surface area contributed by atoms with Gasteiger partial charge in [-0.15, -0.1) is 0 Å². The molecular weight excluding hydrogens is 346 g/mol. The van der Waals surface area contributed by atoms with Gasteiger partial charge in [0.25, 0.3) is 11.8 Å². The Morgan fingerprint density at radius 2 is 1.93 bits per heavy atom. The molecule has 2 aromatic carbocycles. The summed E-state index contributed by atoms with van der Waals surface area (Å²) in [5, 5.41) is 8.96. The predicted octanol–water partition coefficient (Wildman–Crippen LogP) is 2.11. The topological polar surface area (TPSA) is 100 Å². The zero-order chi connectivity index (χ0) is 19.6. The molecule has 27 heavy (non-hydrogen) atoms. The molecule has 2 aromatic rings. The summed E-state index contributed by atoms with van der Waals surface area (Å²) in [6.45, 7) is 1.59. The normalized spacial score (nSPS) is 10.1. The molecule has 0 fully saturated rings. The second kappa shape index (κ2) is 9.63. The highest BCUT2D eigenvalue weighted by Crippen LogP contribution is 2.20. The van der Waals surface area contributed by atoms with E-state index < -0.39 is 11.8 Å². The van der Waals surface area contributed by atoms with Crippen LogP contribution < -0.4 is 20.3 Å². The average molecular weight is 365 g/mol. The van der Waals surface area contributed by atoms with Crippen molar-refractivity contribution in [3.63, 3.8) is 0 Å². The Bertz CT molecular complexity index is 900. The van der Waals surface area contributed by atoms with Crippen molar-refractivity contribution >= 4 is 17.9 Å². The summed E-state index contributed by atoms with van der Waals surface area (Å²) in [6, 6.07) is 14.1. The van der Waals surface area contributed by atoms with Gasteiger partial charge < -0.3 is 9.47 Å². The van der Waals surface area contributed by atoms with Crippen LogP contribution in [0.1, 0.15) is 16.7 Å². The lowest BCUT2D eigenvalue weighted by molar-refractivity contribution is -0.128.